The van der Waals surface area contributed by atoms with E-state index in [-0.39, 0.29) is 31.0 Å². The zero-order valence-electron chi connectivity index (χ0n) is 23.7. The molecule has 0 heterocycles. The Morgan fingerprint density at radius 2 is 1.18 bits per heavy atom. The summed E-state index contributed by atoms with van der Waals surface area (Å²) < 4.78 is 11.8. The molecule has 0 bridgehead atoms. The number of benzene rings is 3. The summed E-state index contributed by atoms with van der Waals surface area (Å²) in [6, 6.07) is 27.7. The van der Waals surface area contributed by atoms with Crippen molar-refractivity contribution in [3.63, 3.8) is 0 Å². The number of carbonyl (C=O) groups excluding carboxylic acids is 2. The van der Waals surface area contributed by atoms with Crippen LogP contribution in [0, 0.1) is 5.41 Å². The standard InChI is InChI=1S/C33H42N2O5/c1-33(2,3)20-30(36)35-29(19-25-13-7-4-8-14-25)31(37)32(38)34-28(23-39-21-26-15-9-5-10-16-26)24-40-22-27-17-11-6-12-18-27/h4-18,28-29,31,37H,19-24H2,1-3H3,(H,34,38)(H,35,36)/t29-,31?/m0/s1. The Hall–Kier alpha value is -3.52. The maximum absolute atomic E-state index is 13.3. The van der Waals surface area contributed by atoms with Gasteiger partial charge in [-0.15, -0.1) is 0 Å². The second-order valence-corrected chi connectivity index (χ2v) is 11.3. The first-order chi connectivity index (χ1) is 19.2. The van der Waals surface area contributed by atoms with Crippen molar-refractivity contribution in [3.8, 4) is 0 Å². The molecule has 1 unspecified atom stereocenters. The first-order valence-corrected chi connectivity index (χ1v) is 13.7. The number of rotatable bonds is 15. The molecule has 40 heavy (non-hydrogen) atoms. The number of aliphatic hydroxyl groups is 1. The molecule has 0 aliphatic rings. The van der Waals surface area contributed by atoms with Crippen molar-refractivity contribution in [3.05, 3.63) is 108 Å². The number of amides is 2. The predicted octanol–water partition coefficient (Wildman–Crippen LogP) is 4.43. The van der Waals surface area contributed by atoms with Gasteiger partial charge in [0.15, 0.2) is 6.10 Å². The lowest BCUT2D eigenvalue weighted by molar-refractivity contribution is -0.134. The number of ether oxygens (including phenoxy) is 2. The van der Waals surface area contributed by atoms with Crippen LogP contribution < -0.4 is 10.6 Å². The average molecular weight is 547 g/mol. The summed E-state index contributed by atoms with van der Waals surface area (Å²) in [6.45, 7) is 7.07. The molecule has 0 fully saturated rings. The highest BCUT2D eigenvalue weighted by atomic mass is 16.5. The minimum Gasteiger partial charge on any atom is -0.381 e. The molecule has 3 aromatic rings. The van der Waals surface area contributed by atoms with Gasteiger partial charge in [0, 0.05) is 6.42 Å². The number of nitrogens with one attached hydrogen (secondary N) is 2. The van der Waals surface area contributed by atoms with Crippen molar-refractivity contribution in [1.82, 2.24) is 10.6 Å². The van der Waals surface area contributed by atoms with Crippen molar-refractivity contribution in [1.29, 1.82) is 0 Å². The molecular weight excluding hydrogens is 504 g/mol. The molecule has 214 valence electrons. The van der Waals surface area contributed by atoms with E-state index in [4.69, 9.17) is 9.47 Å². The van der Waals surface area contributed by atoms with Gasteiger partial charge in [0.25, 0.3) is 5.91 Å². The van der Waals surface area contributed by atoms with Gasteiger partial charge >= 0.3 is 0 Å². The monoisotopic (exact) mass is 546 g/mol. The Balaban J connectivity index is 1.66. The fourth-order valence-corrected chi connectivity index (χ4v) is 4.24. The molecule has 0 aromatic heterocycles. The van der Waals surface area contributed by atoms with Crippen molar-refractivity contribution < 1.29 is 24.2 Å². The minimum absolute atomic E-state index is 0.196. The summed E-state index contributed by atoms with van der Waals surface area (Å²) in [5, 5.41) is 16.9. The minimum atomic E-state index is -1.46. The molecule has 7 heteroatoms. The largest absolute Gasteiger partial charge is 0.381 e. The van der Waals surface area contributed by atoms with Crippen molar-refractivity contribution in [2.24, 2.45) is 5.41 Å². The van der Waals surface area contributed by atoms with E-state index in [2.05, 4.69) is 10.6 Å². The lowest BCUT2D eigenvalue weighted by Gasteiger charge is -2.27. The maximum Gasteiger partial charge on any atom is 0.251 e. The Labute approximate surface area is 237 Å². The highest BCUT2D eigenvalue weighted by Crippen LogP contribution is 2.18. The van der Waals surface area contributed by atoms with Crippen molar-refractivity contribution >= 4 is 11.8 Å². The normalized spacial score (nSPS) is 13.0. The molecule has 3 rings (SSSR count). The average Bonchev–Trinajstić information content (AvgIpc) is 2.93. The second-order valence-electron chi connectivity index (χ2n) is 11.3. The van der Waals surface area contributed by atoms with Gasteiger partial charge in [-0.05, 0) is 28.5 Å². The van der Waals surface area contributed by atoms with E-state index < -0.39 is 24.1 Å². The molecular formula is C33H42N2O5. The Morgan fingerprint density at radius 3 is 1.62 bits per heavy atom. The Morgan fingerprint density at radius 1 is 0.725 bits per heavy atom. The highest BCUT2D eigenvalue weighted by Gasteiger charge is 2.30. The SMILES string of the molecule is CC(C)(C)CC(=O)N[C@@H](Cc1ccccc1)C(O)C(=O)NC(COCc1ccccc1)COCc1ccccc1. The van der Waals surface area contributed by atoms with E-state index in [9.17, 15) is 14.7 Å². The molecule has 0 saturated heterocycles. The van der Waals surface area contributed by atoms with Crippen LogP contribution in [0.4, 0.5) is 0 Å². The lowest BCUT2D eigenvalue weighted by Crippen LogP contribution is -2.55. The van der Waals surface area contributed by atoms with Gasteiger partial charge in [-0.1, -0.05) is 112 Å². The molecule has 0 radical (unpaired) electrons. The van der Waals surface area contributed by atoms with Crippen LogP contribution in [0.3, 0.4) is 0 Å². The third-order valence-electron chi connectivity index (χ3n) is 6.19. The summed E-state index contributed by atoms with van der Waals surface area (Å²) in [4.78, 5) is 26.1. The lowest BCUT2D eigenvalue weighted by atomic mass is 9.91. The quantitative estimate of drug-likeness (QED) is 0.262. The molecule has 0 spiro atoms. The van der Waals surface area contributed by atoms with Gasteiger partial charge in [-0.25, -0.2) is 0 Å². The number of hydrogen-bond acceptors (Lipinski definition) is 5. The second kappa shape index (κ2) is 15.9. The van der Waals surface area contributed by atoms with Crippen LogP contribution in [0.2, 0.25) is 0 Å². The molecule has 7 nitrogen and oxygen atoms in total. The summed E-state index contributed by atoms with van der Waals surface area (Å²) in [7, 11) is 0. The van der Waals surface area contributed by atoms with Gasteiger partial charge in [-0.2, -0.15) is 0 Å². The van der Waals surface area contributed by atoms with Gasteiger partial charge in [0.2, 0.25) is 5.91 Å². The van der Waals surface area contributed by atoms with Crippen LogP contribution in [-0.4, -0.2) is 48.3 Å². The first kappa shape index (κ1) is 31.0. The maximum atomic E-state index is 13.3. The van der Waals surface area contributed by atoms with E-state index in [0.717, 1.165) is 16.7 Å². The zero-order valence-corrected chi connectivity index (χ0v) is 23.7. The molecule has 2 atom stereocenters. The van der Waals surface area contributed by atoms with E-state index >= 15 is 0 Å². The predicted molar refractivity (Wildman–Crippen MR) is 156 cm³/mol. The van der Waals surface area contributed by atoms with Crippen LogP contribution in [0.25, 0.3) is 0 Å². The van der Waals surface area contributed by atoms with Crippen LogP contribution in [0.15, 0.2) is 91.0 Å². The van der Waals surface area contributed by atoms with Crippen LogP contribution in [-0.2, 0) is 38.7 Å². The fourth-order valence-electron chi connectivity index (χ4n) is 4.24. The fraction of sp³-hybridized carbons (Fsp3) is 0.394. The number of carbonyl (C=O) groups is 2. The van der Waals surface area contributed by atoms with Crippen LogP contribution in [0.5, 0.6) is 0 Å². The van der Waals surface area contributed by atoms with E-state index in [1.165, 1.54) is 0 Å². The Kier molecular flexibility index (Phi) is 12.3. The topological polar surface area (TPSA) is 96.9 Å². The van der Waals surface area contributed by atoms with E-state index in [1.54, 1.807) is 0 Å². The van der Waals surface area contributed by atoms with Gasteiger partial charge in [-0.3, -0.25) is 9.59 Å². The van der Waals surface area contributed by atoms with Crippen molar-refractivity contribution in [2.45, 2.75) is 65.0 Å². The number of aliphatic hydroxyl groups excluding tert-OH is 1. The van der Waals surface area contributed by atoms with Gasteiger partial charge < -0.3 is 25.2 Å². The smallest absolute Gasteiger partial charge is 0.251 e. The van der Waals surface area contributed by atoms with E-state index in [1.807, 2.05) is 112 Å². The van der Waals surface area contributed by atoms with Crippen LogP contribution in [0.1, 0.15) is 43.9 Å². The Bertz CT molecular complexity index is 1100. The summed E-state index contributed by atoms with van der Waals surface area (Å²) >= 11 is 0. The molecule has 2 amide bonds. The molecule has 0 saturated carbocycles. The first-order valence-electron chi connectivity index (χ1n) is 13.7. The molecule has 3 aromatic carbocycles. The van der Waals surface area contributed by atoms with Crippen LogP contribution >= 0.6 is 0 Å². The van der Waals surface area contributed by atoms with Gasteiger partial charge in [0.1, 0.15) is 0 Å². The highest BCUT2D eigenvalue weighted by molar-refractivity contribution is 5.83. The number of hydrogen-bond donors (Lipinski definition) is 3. The van der Waals surface area contributed by atoms with Gasteiger partial charge in [0.05, 0.1) is 38.5 Å². The summed E-state index contributed by atoms with van der Waals surface area (Å²) in [6.07, 6.45) is -0.879. The molecule has 3 N–H and O–H groups in total. The third kappa shape index (κ3) is 11.7. The van der Waals surface area contributed by atoms with Crippen molar-refractivity contribution in [2.75, 3.05) is 13.2 Å². The molecule has 0 aliphatic heterocycles. The van der Waals surface area contributed by atoms with E-state index in [0.29, 0.717) is 19.6 Å². The zero-order chi connectivity index (χ0) is 28.8. The molecule has 0 aliphatic carbocycles. The summed E-state index contributed by atoms with van der Waals surface area (Å²) in [5.74, 6) is -0.803. The third-order valence-corrected chi connectivity index (χ3v) is 6.19. The summed E-state index contributed by atoms with van der Waals surface area (Å²) in [5.41, 5.74) is 2.71.